The zero-order valence-electron chi connectivity index (χ0n) is 11.8. The van der Waals surface area contributed by atoms with Crippen LogP contribution < -0.4 is 10.5 Å². The number of anilines is 2. The quantitative estimate of drug-likeness (QED) is 0.883. The third-order valence-electron chi connectivity index (χ3n) is 3.40. The number of benzene rings is 1. The van der Waals surface area contributed by atoms with Crippen molar-refractivity contribution in [2.45, 2.75) is 19.8 Å². The van der Waals surface area contributed by atoms with Gasteiger partial charge in [-0.15, -0.1) is 0 Å². The Morgan fingerprint density at radius 1 is 1.33 bits per heavy atom. The molecule has 21 heavy (non-hydrogen) atoms. The Labute approximate surface area is 124 Å². The Kier molecular flexibility index (Phi) is 3.36. The molecule has 6 nitrogen and oxygen atoms in total. The van der Waals surface area contributed by atoms with Crippen LogP contribution in [0.15, 0.2) is 30.3 Å². The van der Waals surface area contributed by atoms with Gasteiger partial charge in [0.1, 0.15) is 5.82 Å². The summed E-state index contributed by atoms with van der Waals surface area (Å²) in [5.74, 6) is 1.09. The van der Waals surface area contributed by atoms with Gasteiger partial charge in [-0.1, -0.05) is 0 Å². The summed E-state index contributed by atoms with van der Waals surface area (Å²) in [6, 6.07) is 8.80. The lowest BCUT2D eigenvalue weighted by atomic mass is 10.3. The highest BCUT2D eigenvalue weighted by Crippen LogP contribution is 2.30. The zero-order chi connectivity index (χ0) is 15.0. The molecule has 7 heteroatoms. The van der Waals surface area contributed by atoms with Crippen molar-refractivity contribution >= 4 is 21.5 Å². The first kappa shape index (κ1) is 13.9. The van der Waals surface area contributed by atoms with E-state index < -0.39 is 10.0 Å². The van der Waals surface area contributed by atoms with Crippen molar-refractivity contribution in [3.63, 3.8) is 0 Å². The number of nitrogen functional groups attached to an aromatic ring is 1. The lowest BCUT2D eigenvalue weighted by Crippen LogP contribution is -2.17. The fourth-order valence-corrected chi connectivity index (χ4v) is 3.75. The highest BCUT2D eigenvalue weighted by atomic mass is 32.2. The molecule has 1 heterocycles. The van der Waals surface area contributed by atoms with Crippen molar-refractivity contribution in [2.75, 3.05) is 16.2 Å². The molecular formula is C14H18N4O2S. The molecule has 0 saturated heterocycles. The number of nitrogens with one attached hydrogen (secondary N) is 1. The maximum absolute atomic E-state index is 11.9. The molecule has 0 bridgehead atoms. The van der Waals surface area contributed by atoms with Crippen LogP contribution in [0.1, 0.15) is 18.5 Å². The lowest BCUT2D eigenvalue weighted by molar-refractivity contribution is 0.597. The number of rotatable bonds is 5. The van der Waals surface area contributed by atoms with Gasteiger partial charge >= 0.3 is 0 Å². The van der Waals surface area contributed by atoms with Gasteiger partial charge in [0.2, 0.25) is 10.0 Å². The summed E-state index contributed by atoms with van der Waals surface area (Å²) < 4.78 is 28.1. The topological polar surface area (TPSA) is 90.0 Å². The van der Waals surface area contributed by atoms with Gasteiger partial charge < -0.3 is 5.73 Å². The van der Waals surface area contributed by atoms with Crippen LogP contribution in [0, 0.1) is 12.8 Å². The fourth-order valence-electron chi connectivity index (χ4n) is 2.21. The van der Waals surface area contributed by atoms with Crippen LogP contribution in [0.4, 0.5) is 11.5 Å². The van der Waals surface area contributed by atoms with E-state index in [9.17, 15) is 8.42 Å². The van der Waals surface area contributed by atoms with E-state index in [1.165, 1.54) is 0 Å². The average Bonchev–Trinajstić information content (AvgIpc) is 3.13. The van der Waals surface area contributed by atoms with E-state index in [0.29, 0.717) is 17.4 Å². The predicted molar refractivity (Wildman–Crippen MR) is 82.8 cm³/mol. The normalized spacial score (nSPS) is 15.1. The highest BCUT2D eigenvalue weighted by molar-refractivity contribution is 7.92. The second-order valence-corrected chi connectivity index (χ2v) is 7.26. The monoisotopic (exact) mass is 306 g/mol. The third-order valence-corrected chi connectivity index (χ3v) is 4.85. The molecule has 0 unspecified atom stereocenters. The minimum absolute atomic E-state index is 0.208. The summed E-state index contributed by atoms with van der Waals surface area (Å²) in [4.78, 5) is 0. The van der Waals surface area contributed by atoms with Crippen molar-refractivity contribution in [1.82, 2.24) is 9.78 Å². The molecule has 1 saturated carbocycles. The number of aryl methyl sites for hydroxylation is 1. The standard InChI is InChI=1S/C14H18N4O2S/c1-10-8-14(15)18(16-10)13-6-4-12(5-7-13)17-21(19,20)9-11-2-3-11/h4-8,11,17H,2-3,9,15H2,1H3. The lowest BCUT2D eigenvalue weighted by Gasteiger charge is -2.09. The molecule has 2 aromatic rings. The van der Waals surface area contributed by atoms with Crippen LogP contribution in [0.3, 0.4) is 0 Å². The molecule has 1 aliphatic rings. The van der Waals surface area contributed by atoms with E-state index in [4.69, 9.17) is 5.73 Å². The first-order chi connectivity index (χ1) is 9.93. The van der Waals surface area contributed by atoms with Crippen LogP contribution >= 0.6 is 0 Å². The van der Waals surface area contributed by atoms with Gasteiger partial charge in [-0.2, -0.15) is 5.10 Å². The maximum Gasteiger partial charge on any atom is 0.232 e. The molecule has 1 aromatic carbocycles. The molecule has 0 atom stereocenters. The SMILES string of the molecule is Cc1cc(N)n(-c2ccc(NS(=O)(=O)CC3CC3)cc2)n1. The van der Waals surface area contributed by atoms with E-state index in [2.05, 4.69) is 9.82 Å². The summed E-state index contributed by atoms with van der Waals surface area (Å²) in [7, 11) is -3.25. The van der Waals surface area contributed by atoms with E-state index in [1.807, 2.05) is 6.92 Å². The zero-order valence-corrected chi connectivity index (χ0v) is 12.6. The Hall–Kier alpha value is -2.02. The van der Waals surface area contributed by atoms with Crippen LogP contribution in [0.2, 0.25) is 0 Å². The van der Waals surface area contributed by atoms with Gasteiger partial charge in [0.05, 0.1) is 17.1 Å². The largest absolute Gasteiger partial charge is 0.384 e. The van der Waals surface area contributed by atoms with Crippen molar-refractivity contribution in [3.8, 4) is 5.69 Å². The molecule has 3 rings (SSSR count). The van der Waals surface area contributed by atoms with E-state index >= 15 is 0 Å². The molecule has 1 aromatic heterocycles. The summed E-state index contributed by atoms with van der Waals surface area (Å²) in [5.41, 5.74) is 8.05. The van der Waals surface area contributed by atoms with Gasteiger partial charge in [-0.3, -0.25) is 4.72 Å². The first-order valence-electron chi connectivity index (χ1n) is 6.86. The smallest absolute Gasteiger partial charge is 0.232 e. The highest BCUT2D eigenvalue weighted by Gasteiger charge is 2.27. The molecule has 0 spiro atoms. The molecule has 0 aliphatic heterocycles. The van der Waals surface area contributed by atoms with Crippen LogP contribution in [-0.4, -0.2) is 24.0 Å². The summed E-state index contributed by atoms with van der Waals surface area (Å²) in [5, 5.41) is 4.29. The van der Waals surface area contributed by atoms with Crippen LogP contribution in [0.5, 0.6) is 0 Å². The molecule has 1 aliphatic carbocycles. The third kappa shape index (κ3) is 3.36. The minimum atomic E-state index is -3.25. The first-order valence-corrected chi connectivity index (χ1v) is 8.51. The summed E-state index contributed by atoms with van der Waals surface area (Å²) in [6.07, 6.45) is 2.02. The van der Waals surface area contributed by atoms with Gasteiger partial charge in [0, 0.05) is 11.8 Å². The molecule has 1 fully saturated rings. The van der Waals surface area contributed by atoms with Gasteiger partial charge in [0.25, 0.3) is 0 Å². The number of aromatic nitrogens is 2. The Bertz CT molecular complexity index is 746. The number of nitrogens with zero attached hydrogens (tertiary/aromatic N) is 2. The summed E-state index contributed by atoms with van der Waals surface area (Å²) in [6.45, 7) is 1.87. The minimum Gasteiger partial charge on any atom is -0.384 e. The van der Waals surface area contributed by atoms with E-state index in [1.54, 1.807) is 35.0 Å². The molecule has 0 radical (unpaired) electrons. The van der Waals surface area contributed by atoms with E-state index in [-0.39, 0.29) is 5.75 Å². The second kappa shape index (κ2) is 5.07. The number of sulfonamides is 1. The van der Waals surface area contributed by atoms with Crippen molar-refractivity contribution < 1.29 is 8.42 Å². The van der Waals surface area contributed by atoms with Crippen LogP contribution in [-0.2, 0) is 10.0 Å². The molecular weight excluding hydrogens is 288 g/mol. The Morgan fingerprint density at radius 2 is 2.00 bits per heavy atom. The molecule has 0 amide bonds. The average molecular weight is 306 g/mol. The second-order valence-electron chi connectivity index (χ2n) is 5.50. The van der Waals surface area contributed by atoms with Gasteiger partial charge in [0.15, 0.2) is 0 Å². The van der Waals surface area contributed by atoms with Crippen molar-refractivity contribution in [1.29, 1.82) is 0 Å². The van der Waals surface area contributed by atoms with Crippen molar-refractivity contribution in [2.24, 2.45) is 5.92 Å². The molecule has 112 valence electrons. The Morgan fingerprint density at radius 3 is 2.52 bits per heavy atom. The predicted octanol–water partition coefficient (Wildman–Crippen LogP) is 1.91. The van der Waals surface area contributed by atoms with Gasteiger partial charge in [-0.05, 0) is 49.9 Å². The maximum atomic E-state index is 11.9. The summed E-state index contributed by atoms with van der Waals surface area (Å²) >= 11 is 0. The number of hydrogen-bond acceptors (Lipinski definition) is 4. The fraction of sp³-hybridized carbons (Fsp3) is 0.357. The van der Waals surface area contributed by atoms with Crippen LogP contribution in [0.25, 0.3) is 5.69 Å². The van der Waals surface area contributed by atoms with E-state index in [0.717, 1.165) is 24.2 Å². The number of nitrogens with two attached hydrogens (primary N) is 1. The van der Waals surface area contributed by atoms with Crippen molar-refractivity contribution in [3.05, 3.63) is 36.0 Å². The van der Waals surface area contributed by atoms with Gasteiger partial charge in [-0.25, -0.2) is 13.1 Å². The Balaban J connectivity index is 1.76. The molecule has 3 N–H and O–H groups in total. The number of hydrogen-bond donors (Lipinski definition) is 2.